The molecule has 0 aliphatic rings. The molecule has 3 heteroatoms. The highest BCUT2D eigenvalue weighted by Gasteiger charge is 2.10. The van der Waals surface area contributed by atoms with E-state index in [4.69, 9.17) is 17.3 Å². The summed E-state index contributed by atoms with van der Waals surface area (Å²) in [6, 6.07) is 14.2. The molecule has 0 unspecified atom stereocenters. The Morgan fingerprint density at radius 1 is 1.11 bits per heavy atom. The molecule has 2 rings (SSSR count). The van der Waals surface area contributed by atoms with Crippen LogP contribution in [0, 0.1) is 6.92 Å². The monoisotopic (exact) mass is 260 g/mol. The number of nitrogens with zero attached hydrogens (tertiary/aromatic N) is 1. The number of anilines is 2. The Balaban J connectivity index is 2.42. The normalized spacial score (nSPS) is 10.4. The maximum atomic E-state index is 6.18. The van der Waals surface area contributed by atoms with Crippen LogP contribution in [0.15, 0.2) is 42.5 Å². The molecule has 0 aliphatic heterocycles. The Bertz CT molecular complexity index is 535. The zero-order valence-electron chi connectivity index (χ0n) is 10.7. The minimum atomic E-state index is 0.436. The fourth-order valence-corrected chi connectivity index (χ4v) is 2.22. The molecule has 2 nitrogen and oxygen atoms in total. The van der Waals surface area contributed by atoms with Crippen LogP contribution < -0.4 is 10.6 Å². The van der Waals surface area contributed by atoms with Crippen LogP contribution in [-0.4, -0.2) is 7.05 Å². The molecule has 0 aliphatic carbocycles. The summed E-state index contributed by atoms with van der Waals surface area (Å²) >= 11 is 6.18. The van der Waals surface area contributed by atoms with Gasteiger partial charge in [-0.2, -0.15) is 0 Å². The lowest BCUT2D eigenvalue weighted by Gasteiger charge is -2.23. The van der Waals surface area contributed by atoms with Crippen molar-refractivity contribution in [1.82, 2.24) is 0 Å². The lowest BCUT2D eigenvalue weighted by Crippen LogP contribution is -2.13. The predicted octanol–water partition coefficient (Wildman–Crippen LogP) is 3.88. The van der Waals surface area contributed by atoms with Crippen molar-refractivity contribution in [3.05, 3.63) is 58.6 Å². The molecule has 0 amide bonds. The predicted molar refractivity (Wildman–Crippen MR) is 78.6 cm³/mol. The number of nitrogens with two attached hydrogens (primary N) is 1. The van der Waals surface area contributed by atoms with Gasteiger partial charge in [0.2, 0.25) is 0 Å². The van der Waals surface area contributed by atoms with Crippen LogP contribution >= 0.6 is 11.6 Å². The molecule has 2 N–H and O–H groups in total. The van der Waals surface area contributed by atoms with Gasteiger partial charge in [-0.05, 0) is 31.2 Å². The summed E-state index contributed by atoms with van der Waals surface area (Å²) in [6.07, 6.45) is 0. The Morgan fingerprint density at radius 3 is 2.39 bits per heavy atom. The van der Waals surface area contributed by atoms with Crippen LogP contribution in [-0.2, 0) is 6.54 Å². The van der Waals surface area contributed by atoms with E-state index in [9.17, 15) is 0 Å². The fraction of sp³-hybridized carbons (Fsp3) is 0.200. The SMILES string of the molecule is Cc1ccc(N(C)c2cccc(Cl)c2CN)cc1. The van der Waals surface area contributed by atoms with E-state index in [1.165, 1.54) is 5.56 Å². The first-order valence-corrected chi connectivity index (χ1v) is 6.29. The molecule has 0 fully saturated rings. The van der Waals surface area contributed by atoms with Gasteiger partial charge in [0.15, 0.2) is 0 Å². The van der Waals surface area contributed by atoms with Gasteiger partial charge in [-0.25, -0.2) is 0 Å². The minimum absolute atomic E-state index is 0.436. The molecule has 0 radical (unpaired) electrons. The van der Waals surface area contributed by atoms with Crippen LogP contribution in [0.2, 0.25) is 5.02 Å². The third kappa shape index (κ3) is 2.50. The molecular weight excluding hydrogens is 244 g/mol. The number of hydrogen-bond acceptors (Lipinski definition) is 2. The van der Waals surface area contributed by atoms with Crippen molar-refractivity contribution in [2.45, 2.75) is 13.5 Å². The molecular formula is C15H17ClN2. The van der Waals surface area contributed by atoms with Crippen LogP contribution in [0.3, 0.4) is 0 Å². The summed E-state index contributed by atoms with van der Waals surface area (Å²) < 4.78 is 0. The molecule has 0 aromatic heterocycles. The van der Waals surface area contributed by atoms with Crippen LogP contribution in [0.4, 0.5) is 11.4 Å². The van der Waals surface area contributed by atoms with Crippen molar-refractivity contribution in [2.75, 3.05) is 11.9 Å². The summed E-state index contributed by atoms with van der Waals surface area (Å²) in [6.45, 7) is 2.51. The van der Waals surface area contributed by atoms with Gasteiger partial charge in [-0.1, -0.05) is 35.4 Å². The Kier molecular flexibility index (Phi) is 3.90. The molecule has 18 heavy (non-hydrogen) atoms. The standard InChI is InChI=1S/C15H17ClN2/c1-11-6-8-12(9-7-11)18(2)15-5-3-4-14(16)13(15)10-17/h3-9H,10,17H2,1-2H3. The van der Waals surface area contributed by atoms with Gasteiger partial charge in [0.1, 0.15) is 0 Å². The van der Waals surface area contributed by atoms with E-state index in [0.717, 1.165) is 16.9 Å². The van der Waals surface area contributed by atoms with Crippen molar-refractivity contribution in [3.63, 3.8) is 0 Å². The summed E-state index contributed by atoms with van der Waals surface area (Å²) in [7, 11) is 2.02. The number of rotatable bonds is 3. The third-order valence-corrected chi connectivity index (χ3v) is 3.43. The highest BCUT2D eigenvalue weighted by Crippen LogP contribution is 2.31. The van der Waals surface area contributed by atoms with Crippen molar-refractivity contribution >= 4 is 23.0 Å². The van der Waals surface area contributed by atoms with E-state index in [1.54, 1.807) is 0 Å². The molecule has 0 atom stereocenters. The first-order chi connectivity index (χ1) is 8.63. The average Bonchev–Trinajstić information content (AvgIpc) is 2.38. The molecule has 0 saturated heterocycles. The quantitative estimate of drug-likeness (QED) is 0.908. The third-order valence-electron chi connectivity index (χ3n) is 3.08. The second-order valence-electron chi connectivity index (χ2n) is 4.34. The van der Waals surface area contributed by atoms with Crippen molar-refractivity contribution in [3.8, 4) is 0 Å². The fourth-order valence-electron chi connectivity index (χ4n) is 1.97. The topological polar surface area (TPSA) is 29.3 Å². The van der Waals surface area contributed by atoms with Gasteiger partial charge in [-0.15, -0.1) is 0 Å². The first-order valence-electron chi connectivity index (χ1n) is 5.91. The summed E-state index contributed by atoms with van der Waals surface area (Å²) in [5.41, 5.74) is 10.2. The Morgan fingerprint density at radius 2 is 1.78 bits per heavy atom. The molecule has 2 aromatic rings. The smallest absolute Gasteiger partial charge is 0.0471 e. The summed E-state index contributed by atoms with van der Waals surface area (Å²) in [5, 5.41) is 0.717. The molecule has 94 valence electrons. The van der Waals surface area contributed by atoms with E-state index in [0.29, 0.717) is 11.6 Å². The van der Waals surface area contributed by atoms with E-state index in [-0.39, 0.29) is 0 Å². The van der Waals surface area contributed by atoms with E-state index in [2.05, 4.69) is 36.1 Å². The summed E-state index contributed by atoms with van der Waals surface area (Å²) in [5.74, 6) is 0. The molecule has 0 heterocycles. The van der Waals surface area contributed by atoms with E-state index >= 15 is 0 Å². The Labute approximate surface area is 113 Å². The number of aryl methyl sites for hydroxylation is 1. The van der Waals surface area contributed by atoms with Crippen molar-refractivity contribution < 1.29 is 0 Å². The number of hydrogen-bond donors (Lipinski definition) is 1. The zero-order chi connectivity index (χ0) is 13.1. The van der Waals surface area contributed by atoms with Crippen LogP contribution in [0.1, 0.15) is 11.1 Å². The zero-order valence-corrected chi connectivity index (χ0v) is 11.4. The maximum absolute atomic E-state index is 6.18. The highest BCUT2D eigenvalue weighted by atomic mass is 35.5. The minimum Gasteiger partial charge on any atom is -0.344 e. The summed E-state index contributed by atoms with van der Waals surface area (Å²) in [4.78, 5) is 2.10. The lowest BCUT2D eigenvalue weighted by atomic mass is 10.1. The van der Waals surface area contributed by atoms with Crippen LogP contribution in [0.25, 0.3) is 0 Å². The molecule has 0 saturated carbocycles. The maximum Gasteiger partial charge on any atom is 0.0471 e. The number of benzene rings is 2. The first kappa shape index (κ1) is 12.9. The lowest BCUT2D eigenvalue weighted by molar-refractivity contribution is 1.05. The van der Waals surface area contributed by atoms with Gasteiger partial charge >= 0.3 is 0 Å². The molecule has 2 aromatic carbocycles. The van der Waals surface area contributed by atoms with E-state index in [1.807, 2.05) is 25.2 Å². The van der Waals surface area contributed by atoms with Crippen molar-refractivity contribution in [1.29, 1.82) is 0 Å². The second-order valence-corrected chi connectivity index (χ2v) is 4.74. The van der Waals surface area contributed by atoms with Crippen molar-refractivity contribution in [2.24, 2.45) is 5.73 Å². The number of halogens is 1. The largest absolute Gasteiger partial charge is 0.344 e. The van der Waals surface area contributed by atoms with Gasteiger partial charge in [0.05, 0.1) is 0 Å². The van der Waals surface area contributed by atoms with Gasteiger partial charge in [0.25, 0.3) is 0 Å². The average molecular weight is 261 g/mol. The highest BCUT2D eigenvalue weighted by molar-refractivity contribution is 6.31. The molecule has 0 spiro atoms. The van der Waals surface area contributed by atoms with Crippen LogP contribution in [0.5, 0.6) is 0 Å². The van der Waals surface area contributed by atoms with E-state index < -0.39 is 0 Å². The van der Waals surface area contributed by atoms with Gasteiger partial charge < -0.3 is 10.6 Å². The van der Waals surface area contributed by atoms with Gasteiger partial charge in [0, 0.05) is 35.6 Å². The Hall–Kier alpha value is -1.51. The molecule has 0 bridgehead atoms. The van der Waals surface area contributed by atoms with Gasteiger partial charge in [-0.3, -0.25) is 0 Å². The second kappa shape index (κ2) is 5.42.